The van der Waals surface area contributed by atoms with Crippen LogP contribution in [0.15, 0.2) is 24.3 Å². The highest BCUT2D eigenvalue weighted by molar-refractivity contribution is 5.71. The third-order valence-electron chi connectivity index (χ3n) is 16.2. The molecule has 0 aromatic rings. The van der Waals surface area contributed by atoms with E-state index in [9.17, 15) is 14.4 Å². The van der Waals surface area contributed by atoms with E-state index < -0.39 is 6.10 Å². The van der Waals surface area contributed by atoms with Gasteiger partial charge in [0.1, 0.15) is 13.2 Å². The van der Waals surface area contributed by atoms with Gasteiger partial charge in [-0.3, -0.25) is 14.4 Å². The molecule has 0 aromatic heterocycles. The Balaban J connectivity index is 4.18. The minimum atomic E-state index is -0.770. The first-order chi connectivity index (χ1) is 38.5. The van der Waals surface area contributed by atoms with Crippen LogP contribution < -0.4 is 0 Å². The molecule has 0 saturated carbocycles. The fraction of sp³-hybridized carbons (Fsp3) is 0.903. The molecular formula is C72H136O6. The Morgan fingerprint density at radius 2 is 0.462 bits per heavy atom. The second kappa shape index (κ2) is 67.4. The molecule has 0 fully saturated rings. The van der Waals surface area contributed by atoms with Crippen LogP contribution in [0.2, 0.25) is 0 Å². The Morgan fingerprint density at radius 1 is 0.256 bits per heavy atom. The lowest BCUT2D eigenvalue weighted by Gasteiger charge is -2.18. The van der Waals surface area contributed by atoms with Crippen molar-refractivity contribution < 1.29 is 28.6 Å². The molecule has 6 nitrogen and oxygen atoms in total. The summed E-state index contributed by atoms with van der Waals surface area (Å²) < 4.78 is 17.0. The van der Waals surface area contributed by atoms with Gasteiger partial charge in [-0.25, -0.2) is 0 Å². The van der Waals surface area contributed by atoms with Crippen LogP contribution in [0.1, 0.15) is 400 Å². The van der Waals surface area contributed by atoms with Crippen molar-refractivity contribution in [3.05, 3.63) is 24.3 Å². The van der Waals surface area contributed by atoms with Gasteiger partial charge in [0.05, 0.1) is 0 Å². The van der Waals surface area contributed by atoms with E-state index in [1.807, 2.05) is 0 Å². The predicted octanol–water partition coefficient (Wildman–Crippen LogP) is 24.2. The van der Waals surface area contributed by atoms with Crippen LogP contribution in [0.25, 0.3) is 0 Å². The molecule has 0 spiro atoms. The van der Waals surface area contributed by atoms with Gasteiger partial charge in [-0.1, -0.05) is 353 Å². The van der Waals surface area contributed by atoms with Gasteiger partial charge in [-0.05, 0) is 51.4 Å². The topological polar surface area (TPSA) is 78.9 Å². The third kappa shape index (κ3) is 64.7. The first-order valence-electron chi connectivity index (χ1n) is 35.3. The molecule has 78 heavy (non-hydrogen) atoms. The molecule has 0 rings (SSSR count). The van der Waals surface area contributed by atoms with Crippen molar-refractivity contribution in [1.29, 1.82) is 0 Å². The van der Waals surface area contributed by atoms with Crippen molar-refractivity contribution in [2.45, 2.75) is 406 Å². The lowest BCUT2D eigenvalue weighted by molar-refractivity contribution is -0.167. The van der Waals surface area contributed by atoms with Gasteiger partial charge in [0, 0.05) is 19.3 Å². The Hall–Kier alpha value is -2.11. The number of ether oxygens (including phenoxy) is 3. The van der Waals surface area contributed by atoms with Crippen LogP contribution in [0.5, 0.6) is 0 Å². The highest BCUT2D eigenvalue weighted by atomic mass is 16.6. The van der Waals surface area contributed by atoms with Crippen LogP contribution in [0, 0.1) is 0 Å². The minimum Gasteiger partial charge on any atom is -0.462 e. The van der Waals surface area contributed by atoms with Crippen molar-refractivity contribution >= 4 is 17.9 Å². The molecular weight excluding hydrogens is 961 g/mol. The van der Waals surface area contributed by atoms with E-state index in [-0.39, 0.29) is 31.1 Å². The van der Waals surface area contributed by atoms with E-state index in [4.69, 9.17) is 14.2 Å². The highest BCUT2D eigenvalue weighted by Gasteiger charge is 2.19. The van der Waals surface area contributed by atoms with E-state index in [1.165, 1.54) is 295 Å². The Labute approximate surface area is 487 Å². The van der Waals surface area contributed by atoms with E-state index in [0.717, 1.165) is 64.2 Å². The molecule has 0 saturated heterocycles. The van der Waals surface area contributed by atoms with E-state index in [2.05, 4.69) is 45.1 Å². The van der Waals surface area contributed by atoms with Crippen molar-refractivity contribution in [3.8, 4) is 0 Å². The van der Waals surface area contributed by atoms with Crippen LogP contribution >= 0.6 is 0 Å². The maximum absolute atomic E-state index is 12.9. The van der Waals surface area contributed by atoms with Crippen molar-refractivity contribution in [2.24, 2.45) is 0 Å². The molecule has 0 aromatic carbocycles. The average molecular weight is 1100 g/mol. The number of carbonyl (C=O) groups is 3. The molecule has 0 N–H and O–H groups in total. The number of unbranched alkanes of at least 4 members (excludes halogenated alkanes) is 51. The molecule has 0 radical (unpaired) electrons. The second-order valence-electron chi connectivity index (χ2n) is 24.2. The second-order valence-corrected chi connectivity index (χ2v) is 24.2. The van der Waals surface area contributed by atoms with Crippen LogP contribution in [0.4, 0.5) is 0 Å². The Morgan fingerprint density at radius 3 is 0.705 bits per heavy atom. The number of carbonyl (C=O) groups excluding carboxylic acids is 3. The van der Waals surface area contributed by atoms with Crippen LogP contribution in [-0.2, 0) is 28.6 Å². The first kappa shape index (κ1) is 75.9. The lowest BCUT2D eigenvalue weighted by Crippen LogP contribution is -2.30. The third-order valence-corrected chi connectivity index (χ3v) is 16.2. The average Bonchev–Trinajstić information content (AvgIpc) is 3.44. The summed E-state index contributed by atoms with van der Waals surface area (Å²) in [6.45, 7) is 6.70. The minimum absolute atomic E-state index is 0.0666. The van der Waals surface area contributed by atoms with Gasteiger partial charge in [-0.15, -0.1) is 0 Å². The summed E-state index contributed by atoms with van der Waals surface area (Å²) in [6.07, 6.45) is 82.1. The predicted molar refractivity (Wildman–Crippen MR) is 340 cm³/mol. The molecule has 1 atom stereocenters. The van der Waals surface area contributed by atoms with E-state index in [0.29, 0.717) is 19.3 Å². The summed E-state index contributed by atoms with van der Waals surface area (Å²) in [5.74, 6) is -0.840. The highest BCUT2D eigenvalue weighted by Crippen LogP contribution is 2.19. The van der Waals surface area contributed by atoms with E-state index in [1.54, 1.807) is 0 Å². The maximum Gasteiger partial charge on any atom is 0.306 e. The molecule has 460 valence electrons. The summed E-state index contributed by atoms with van der Waals surface area (Å²) >= 11 is 0. The molecule has 0 aliphatic heterocycles. The SMILES string of the molecule is CCCCCCC/C=C\C/C=C\CCCCCCCCCCCC(=O)OC(COC(=O)CCCCCCCCCCCCCC)COC(=O)CCCCCCCCCCCCCCCCCCCCCCCCCCCCC. The molecule has 1 unspecified atom stereocenters. The summed E-state index contributed by atoms with van der Waals surface area (Å²) in [6, 6.07) is 0. The summed E-state index contributed by atoms with van der Waals surface area (Å²) in [7, 11) is 0. The summed E-state index contributed by atoms with van der Waals surface area (Å²) in [5.41, 5.74) is 0. The zero-order valence-electron chi connectivity index (χ0n) is 53.0. The smallest absolute Gasteiger partial charge is 0.306 e. The quantitative estimate of drug-likeness (QED) is 0.0261. The van der Waals surface area contributed by atoms with E-state index >= 15 is 0 Å². The normalized spacial score (nSPS) is 12.1. The Bertz CT molecular complexity index is 1260. The zero-order chi connectivity index (χ0) is 56.4. The van der Waals surface area contributed by atoms with Crippen molar-refractivity contribution in [2.75, 3.05) is 13.2 Å². The lowest BCUT2D eigenvalue weighted by atomic mass is 10.0. The largest absolute Gasteiger partial charge is 0.462 e. The molecule has 0 amide bonds. The number of esters is 3. The van der Waals surface area contributed by atoms with Gasteiger partial charge >= 0.3 is 17.9 Å². The molecule has 0 heterocycles. The van der Waals surface area contributed by atoms with Crippen LogP contribution in [-0.4, -0.2) is 37.2 Å². The zero-order valence-corrected chi connectivity index (χ0v) is 53.0. The van der Waals surface area contributed by atoms with Crippen molar-refractivity contribution in [1.82, 2.24) is 0 Å². The number of rotatable bonds is 66. The van der Waals surface area contributed by atoms with Gasteiger partial charge < -0.3 is 14.2 Å². The summed E-state index contributed by atoms with van der Waals surface area (Å²) in [4.78, 5) is 38.4. The number of hydrogen-bond acceptors (Lipinski definition) is 6. The van der Waals surface area contributed by atoms with Crippen molar-refractivity contribution in [3.63, 3.8) is 0 Å². The number of hydrogen-bond donors (Lipinski definition) is 0. The molecule has 0 aliphatic carbocycles. The summed E-state index contributed by atoms with van der Waals surface area (Å²) in [5, 5.41) is 0. The van der Waals surface area contributed by atoms with Gasteiger partial charge in [0.15, 0.2) is 6.10 Å². The fourth-order valence-electron chi connectivity index (χ4n) is 10.9. The molecule has 0 aliphatic rings. The molecule has 6 heteroatoms. The standard InChI is InChI=1S/C72H136O6/c1-4-7-10-13-16-19-22-25-27-29-31-33-34-35-36-37-38-40-41-43-45-47-50-53-56-59-62-65-71(74)77-68-69(67-76-70(73)64-61-58-55-52-49-24-21-18-15-12-9-6-3)78-72(75)66-63-60-57-54-51-48-46-44-42-39-32-30-28-26-23-20-17-14-11-8-5-2/h23,26,30,32,69H,4-22,24-25,27-29,31,33-68H2,1-3H3/b26-23-,32-30-. The monoisotopic (exact) mass is 1100 g/mol. The van der Waals surface area contributed by atoms with Gasteiger partial charge in [0.25, 0.3) is 0 Å². The van der Waals surface area contributed by atoms with Gasteiger partial charge in [-0.2, -0.15) is 0 Å². The van der Waals surface area contributed by atoms with Gasteiger partial charge in [0.2, 0.25) is 0 Å². The maximum atomic E-state index is 12.9. The van der Waals surface area contributed by atoms with Crippen LogP contribution in [0.3, 0.4) is 0 Å². The fourth-order valence-corrected chi connectivity index (χ4v) is 10.9. The Kier molecular flexibility index (Phi) is 65.6. The molecule has 0 bridgehead atoms. The number of allylic oxidation sites excluding steroid dienone is 4. The first-order valence-corrected chi connectivity index (χ1v) is 35.3.